The number of halogens is 7. The highest BCUT2D eigenvalue weighted by Crippen LogP contribution is 2.33. The zero-order valence-corrected chi connectivity index (χ0v) is 19.2. The zero-order chi connectivity index (χ0) is 26.7. The molecule has 1 N–H and O–H groups in total. The summed E-state index contributed by atoms with van der Waals surface area (Å²) in [6, 6.07) is 14.7. The molecule has 0 aliphatic heterocycles. The number of aliphatic hydroxyl groups is 1. The van der Waals surface area contributed by atoms with Crippen molar-refractivity contribution in [3.63, 3.8) is 0 Å². The van der Waals surface area contributed by atoms with E-state index in [2.05, 4.69) is 0 Å². The van der Waals surface area contributed by atoms with Gasteiger partial charge in [0, 0.05) is 49.7 Å². The maximum Gasteiger partial charge on any atom is 0.416 e. The van der Waals surface area contributed by atoms with Crippen molar-refractivity contribution < 1.29 is 40.6 Å². The minimum Gasteiger partial charge on any atom is -0.457 e. The Morgan fingerprint density at radius 2 is 1.42 bits per heavy atom. The number of benzene rings is 3. The molecular formula is C25H23F7N2O2. The molecule has 194 valence electrons. The Hall–Kier alpha value is -3.47. The van der Waals surface area contributed by atoms with Crippen molar-refractivity contribution >= 4 is 11.4 Å². The van der Waals surface area contributed by atoms with Crippen molar-refractivity contribution in [1.82, 2.24) is 0 Å². The van der Waals surface area contributed by atoms with Gasteiger partial charge in [0.05, 0.1) is 12.1 Å². The van der Waals surface area contributed by atoms with E-state index >= 15 is 0 Å². The highest BCUT2D eigenvalue weighted by molar-refractivity contribution is 5.54. The van der Waals surface area contributed by atoms with Gasteiger partial charge in [-0.1, -0.05) is 18.2 Å². The molecule has 11 heteroatoms. The predicted octanol–water partition coefficient (Wildman–Crippen LogP) is 6.63. The maximum atomic E-state index is 14.5. The van der Waals surface area contributed by atoms with E-state index in [9.17, 15) is 35.8 Å². The zero-order valence-electron chi connectivity index (χ0n) is 19.2. The molecule has 3 aromatic carbocycles. The summed E-state index contributed by atoms with van der Waals surface area (Å²) in [5.41, 5.74) is -0.515. The normalized spacial score (nSPS) is 12.8. The van der Waals surface area contributed by atoms with E-state index in [1.165, 1.54) is 18.2 Å². The third kappa shape index (κ3) is 7.03. The summed E-state index contributed by atoms with van der Waals surface area (Å²) in [6.07, 6.45) is -12.5. The molecular weight excluding hydrogens is 493 g/mol. The fourth-order valence-corrected chi connectivity index (χ4v) is 3.34. The second kappa shape index (κ2) is 10.7. The number of aliphatic hydroxyl groups excluding tert-OH is 1. The van der Waals surface area contributed by atoms with E-state index in [0.717, 1.165) is 16.7 Å². The Kier molecular flexibility index (Phi) is 8.02. The van der Waals surface area contributed by atoms with E-state index in [1.54, 1.807) is 24.3 Å². The molecule has 0 radical (unpaired) electrons. The van der Waals surface area contributed by atoms with Crippen LogP contribution >= 0.6 is 0 Å². The van der Waals surface area contributed by atoms with Crippen LogP contribution in [-0.2, 0) is 12.7 Å². The van der Waals surface area contributed by atoms with Gasteiger partial charge < -0.3 is 19.6 Å². The van der Waals surface area contributed by atoms with Gasteiger partial charge in [-0.05, 0) is 36.4 Å². The Labute approximate surface area is 203 Å². The molecule has 0 aliphatic carbocycles. The molecule has 0 aliphatic rings. The predicted molar refractivity (Wildman–Crippen MR) is 122 cm³/mol. The van der Waals surface area contributed by atoms with Gasteiger partial charge in [-0.25, -0.2) is 4.39 Å². The molecule has 0 heterocycles. The lowest BCUT2D eigenvalue weighted by atomic mass is 10.1. The van der Waals surface area contributed by atoms with Crippen LogP contribution in [0.5, 0.6) is 11.5 Å². The SMILES string of the molecule is CN(C)c1cccc(Oc2cccc(N(Cc3ccc(C(F)(F)F)cc3F)CC(O)C(F)(F)F)c2)c1. The molecule has 36 heavy (non-hydrogen) atoms. The van der Waals surface area contributed by atoms with Crippen molar-refractivity contribution in [2.24, 2.45) is 0 Å². The number of anilines is 2. The van der Waals surface area contributed by atoms with Crippen LogP contribution in [0, 0.1) is 5.82 Å². The number of ether oxygens (including phenoxy) is 1. The quantitative estimate of drug-likeness (QED) is 0.341. The molecule has 0 saturated heterocycles. The first-order valence-electron chi connectivity index (χ1n) is 10.6. The number of hydrogen-bond donors (Lipinski definition) is 1. The highest BCUT2D eigenvalue weighted by atomic mass is 19.4. The Balaban J connectivity index is 1.92. The second-order valence-corrected chi connectivity index (χ2v) is 8.23. The van der Waals surface area contributed by atoms with Crippen molar-refractivity contribution in [1.29, 1.82) is 0 Å². The average molecular weight is 516 g/mol. The van der Waals surface area contributed by atoms with E-state index in [-0.39, 0.29) is 23.1 Å². The lowest BCUT2D eigenvalue weighted by Crippen LogP contribution is -2.41. The molecule has 4 nitrogen and oxygen atoms in total. The van der Waals surface area contributed by atoms with Gasteiger partial charge in [0.25, 0.3) is 0 Å². The summed E-state index contributed by atoms with van der Waals surface area (Å²) in [7, 11) is 3.67. The summed E-state index contributed by atoms with van der Waals surface area (Å²) >= 11 is 0. The summed E-state index contributed by atoms with van der Waals surface area (Å²) in [5.74, 6) is -0.527. The number of rotatable bonds is 8. The van der Waals surface area contributed by atoms with Gasteiger partial charge >= 0.3 is 12.4 Å². The topological polar surface area (TPSA) is 35.9 Å². The van der Waals surface area contributed by atoms with Crippen LogP contribution < -0.4 is 14.5 Å². The maximum absolute atomic E-state index is 14.5. The van der Waals surface area contributed by atoms with Gasteiger partial charge in [-0.2, -0.15) is 26.3 Å². The van der Waals surface area contributed by atoms with Gasteiger partial charge in [-0.3, -0.25) is 0 Å². The average Bonchev–Trinajstić information content (AvgIpc) is 2.78. The molecule has 3 rings (SSSR count). The largest absolute Gasteiger partial charge is 0.457 e. The molecule has 0 spiro atoms. The first-order valence-corrected chi connectivity index (χ1v) is 10.6. The molecule has 0 amide bonds. The fourth-order valence-electron chi connectivity index (χ4n) is 3.34. The second-order valence-electron chi connectivity index (χ2n) is 8.23. The monoisotopic (exact) mass is 516 g/mol. The molecule has 0 aromatic heterocycles. The van der Waals surface area contributed by atoms with Crippen LogP contribution in [-0.4, -0.2) is 38.0 Å². The van der Waals surface area contributed by atoms with E-state index < -0.39 is 42.9 Å². The Bertz CT molecular complexity index is 1180. The van der Waals surface area contributed by atoms with Gasteiger partial charge in [0.2, 0.25) is 0 Å². The lowest BCUT2D eigenvalue weighted by molar-refractivity contribution is -0.200. The summed E-state index contributed by atoms with van der Waals surface area (Å²) in [4.78, 5) is 2.87. The smallest absolute Gasteiger partial charge is 0.416 e. The van der Waals surface area contributed by atoms with Gasteiger partial charge in [0.1, 0.15) is 17.3 Å². The Morgan fingerprint density at radius 1 is 0.833 bits per heavy atom. The molecule has 0 bridgehead atoms. The molecule has 1 atom stereocenters. The van der Waals surface area contributed by atoms with Crippen LogP contribution in [0.3, 0.4) is 0 Å². The summed E-state index contributed by atoms with van der Waals surface area (Å²) in [6.45, 7) is -1.51. The van der Waals surface area contributed by atoms with E-state index in [1.807, 2.05) is 25.1 Å². The number of nitrogens with zero attached hydrogens (tertiary/aromatic N) is 2. The molecule has 3 aromatic rings. The highest BCUT2D eigenvalue weighted by Gasteiger charge is 2.39. The van der Waals surface area contributed by atoms with Crippen molar-refractivity contribution in [3.05, 3.63) is 83.7 Å². The summed E-state index contributed by atoms with van der Waals surface area (Å²) in [5, 5.41) is 9.66. The van der Waals surface area contributed by atoms with Crippen LogP contribution in [0.15, 0.2) is 66.7 Å². The molecule has 1 unspecified atom stereocenters. The van der Waals surface area contributed by atoms with Crippen LogP contribution in [0.4, 0.5) is 42.1 Å². The third-order valence-corrected chi connectivity index (χ3v) is 5.27. The minimum absolute atomic E-state index is 0.138. The fraction of sp³-hybridized carbons (Fsp3) is 0.280. The van der Waals surface area contributed by atoms with E-state index in [0.29, 0.717) is 11.8 Å². The minimum atomic E-state index is -4.96. The first kappa shape index (κ1) is 27.1. The van der Waals surface area contributed by atoms with Crippen LogP contribution in [0.25, 0.3) is 0 Å². The van der Waals surface area contributed by atoms with Gasteiger partial charge in [0.15, 0.2) is 6.10 Å². The number of hydrogen-bond acceptors (Lipinski definition) is 4. The standard InChI is InChI=1S/C25H23F7N2O2/c1-33(2)18-5-3-7-20(12-18)36-21-8-4-6-19(13-21)34(15-23(35)25(30,31)32)14-16-9-10-17(11-22(16)26)24(27,28)29/h3-13,23,35H,14-15H2,1-2H3. The first-order chi connectivity index (χ1) is 16.7. The van der Waals surface area contributed by atoms with E-state index in [4.69, 9.17) is 4.74 Å². The Morgan fingerprint density at radius 3 is 1.94 bits per heavy atom. The van der Waals surface area contributed by atoms with Crippen LogP contribution in [0.1, 0.15) is 11.1 Å². The van der Waals surface area contributed by atoms with Crippen molar-refractivity contribution in [2.45, 2.75) is 25.0 Å². The summed E-state index contributed by atoms with van der Waals surface area (Å²) < 4.78 is 98.2. The van der Waals surface area contributed by atoms with Gasteiger partial charge in [-0.15, -0.1) is 0 Å². The van der Waals surface area contributed by atoms with Crippen LogP contribution in [0.2, 0.25) is 0 Å². The third-order valence-electron chi connectivity index (χ3n) is 5.27. The molecule has 0 saturated carbocycles. The molecule has 0 fully saturated rings. The lowest BCUT2D eigenvalue weighted by Gasteiger charge is -2.29. The van der Waals surface area contributed by atoms with Crippen molar-refractivity contribution in [2.75, 3.05) is 30.4 Å². The van der Waals surface area contributed by atoms with Crippen molar-refractivity contribution in [3.8, 4) is 11.5 Å². The number of alkyl halides is 6.